The fraction of sp³-hybridized carbons (Fsp3) is 0.233. The van der Waals surface area contributed by atoms with Gasteiger partial charge in [-0.05, 0) is 68.8 Å². The molecule has 1 unspecified atom stereocenters. The number of hydrogen-bond donors (Lipinski definition) is 2. The zero-order valence-corrected chi connectivity index (χ0v) is 21.1. The number of aromatic nitrogens is 5. The molecular weight excluding hydrogens is 476 g/mol. The molecule has 1 saturated heterocycles. The number of piperidine rings is 1. The second kappa shape index (κ2) is 10.5. The van der Waals surface area contributed by atoms with Gasteiger partial charge in [0.2, 0.25) is 0 Å². The van der Waals surface area contributed by atoms with Crippen molar-refractivity contribution < 1.29 is 9.53 Å². The molecule has 8 nitrogen and oxygen atoms in total. The number of nitrogens with one attached hydrogen (secondary N) is 2. The number of hydrogen-bond acceptors (Lipinski definition) is 7. The van der Waals surface area contributed by atoms with E-state index in [0.29, 0.717) is 17.9 Å². The quantitative estimate of drug-likeness (QED) is 0.300. The number of H-pyrrole nitrogens is 1. The van der Waals surface area contributed by atoms with Crippen LogP contribution in [-0.2, 0) is 4.74 Å². The number of rotatable bonds is 6. The first-order chi connectivity index (χ1) is 18.6. The van der Waals surface area contributed by atoms with Gasteiger partial charge in [-0.25, -0.2) is 9.78 Å². The zero-order valence-electron chi connectivity index (χ0n) is 21.1. The van der Waals surface area contributed by atoms with Crippen LogP contribution in [-0.4, -0.2) is 50.1 Å². The maximum atomic E-state index is 12.7. The molecular formula is C30H28N6O2. The lowest BCUT2D eigenvalue weighted by Gasteiger charge is -2.22. The fourth-order valence-electron chi connectivity index (χ4n) is 4.85. The van der Waals surface area contributed by atoms with Crippen molar-refractivity contribution in [3.8, 4) is 33.9 Å². The Morgan fingerprint density at radius 3 is 2.79 bits per heavy atom. The summed E-state index contributed by atoms with van der Waals surface area (Å²) in [5.74, 6) is -0.340. The van der Waals surface area contributed by atoms with Crippen LogP contribution in [0.2, 0.25) is 0 Å². The van der Waals surface area contributed by atoms with E-state index in [1.807, 2.05) is 43.3 Å². The predicted molar refractivity (Wildman–Crippen MR) is 146 cm³/mol. The fourth-order valence-corrected chi connectivity index (χ4v) is 4.85. The highest BCUT2D eigenvalue weighted by Crippen LogP contribution is 2.31. The Balaban J connectivity index is 1.27. The lowest BCUT2D eigenvalue weighted by atomic mass is 10.0. The number of fused-ring (bicyclic) bond motifs is 1. The molecule has 0 spiro atoms. The van der Waals surface area contributed by atoms with Crippen LogP contribution < -0.4 is 5.32 Å². The molecule has 0 aliphatic carbocycles. The summed E-state index contributed by atoms with van der Waals surface area (Å²) in [6.07, 6.45) is 8.47. The summed E-state index contributed by atoms with van der Waals surface area (Å²) in [5.41, 5.74) is 7.26. The number of esters is 1. The minimum atomic E-state index is -0.340. The molecule has 190 valence electrons. The van der Waals surface area contributed by atoms with Crippen molar-refractivity contribution in [3.63, 3.8) is 0 Å². The Bertz CT molecular complexity index is 1610. The van der Waals surface area contributed by atoms with Gasteiger partial charge in [0.25, 0.3) is 0 Å². The second-order valence-electron chi connectivity index (χ2n) is 9.60. The van der Waals surface area contributed by atoms with Gasteiger partial charge >= 0.3 is 5.97 Å². The lowest BCUT2D eigenvalue weighted by Crippen LogP contribution is -2.38. The van der Waals surface area contributed by atoms with Crippen LogP contribution in [0.25, 0.3) is 44.8 Å². The number of aromatic amines is 1. The summed E-state index contributed by atoms with van der Waals surface area (Å²) in [6.45, 7) is 3.33. The van der Waals surface area contributed by atoms with Crippen LogP contribution in [0.1, 0.15) is 35.3 Å². The van der Waals surface area contributed by atoms with Crippen molar-refractivity contribution in [2.75, 3.05) is 13.2 Å². The molecule has 1 atom stereocenters. The Kier molecular flexibility index (Phi) is 6.62. The summed E-state index contributed by atoms with van der Waals surface area (Å²) < 4.78 is 5.58. The summed E-state index contributed by atoms with van der Waals surface area (Å²) in [6, 6.07) is 17.7. The molecule has 0 bridgehead atoms. The second-order valence-corrected chi connectivity index (χ2v) is 9.60. The summed E-state index contributed by atoms with van der Waals surface area (Å²) in [4.78, 5) is 34.3. The number of imidazole rings is 1. The van der Waals surface area contributed by atoms with Crippen LogP contribution in [0.15, 0.2) is 73.3 Å². The SMILES string of the molecule is Cc1cccc(-c2[nH]cnc2-c2ccc3ncc(-c4cc(C(=O)OCC5CCCCN5)ccn4)cc3c2)n1. The molecule has 0 amide bonds. The van der Waals surface area contributed by atoms with E-state index in [2.05, 4.69) is 36.3 Å². The first kappa shape index (κ1) is 23.9. The van der Waals surface area contributed by atoms with E-state index in [0.717, 1.165) is 64.2 Å². The zero-order chi connectivity index (χ0) is 25.9. The van der Waals surface area contributed by atoms with Crippen LogP contribution in [0.5, 0.6) is 0 Å². The normalized spacial score (nSPS) is 15.4. The van der Waals surface area contributed by atoms with Gasteiger partial charge in [-0.3, -0.25) is 15.0 Å². The lowest BCUT2D eigenvalue weighted by molar-refractivity contribution is 0.0451. The van der Waals surface area contributed by atoms with Gasteiger partial charge in [-0.15, -0.1) is 0 Å². The van der Waals surface area contributed by atoms with E-state index < -0.39 is 0 Å². The van der Waals surface area contributed by atoms with Gasteiger partial charge in [0, 0.05) is 40.6 Å². The van der Waals surface area contributed by atoms with Crippen molar-refractivity contribution >= 4 is 16.9 Å². The van der Waals surface area contributed by atoms with Gasteiger partial charge in [0.05, 0.1) is 40.2 Å². The number of benzene rings is 1. The maximum absolute atomic E-state index is 12.7. The molecule has 1 aliphatic heterocycles. The Morgan fingerprint density at radius 2 is 1.92 bits per heavy atom. The van der Waals surface area contributed by atoms with Gasteiger partial charge in [0.15, 0.2) is 0 Å². The Morgan fingerprint density at radius 1 is 1.00 bits per heavy atom. The highest BCUT2D eigenvalue weighted by atomic mass is 16.5. The van der Waals surface area contributed by atoms with E-state index in [4.69, 9.17) is 4.74 Å². The molecule has 5 heterocycles. The molecule has 0 saturated carbocycles. The number of nitrogens with zero attached hydrogens (tertiary/aromatic N) is 4. The number of carbonyl (C=O) groups excluding carboxylic acids is 1. The molecule has 6 rings (SSSR count). The minimum absolute atomic E-state index is 0.226. The van der Waals surface area contributed by atoms with Crippen molar-refractivity contribution in [2.24, 2.45) is 0 Å². The van der Waals surface area contributed by atoms with Gasteiger partial charge in [-0.1, -0.05) is 18.6 Å². The van der Waals surface area contributed by atoms with Crippen LogP contribution in [0.3, 0.4) is 0 Å². The van der Waals surface area contributed by atoms with Crippen molar-refractivity contribution in [1.82, 2.24) is 30.2 Å². The minimum Gasteiger partial charge on any atom is -0.460 e. The summed E-state index contributed by atoms with van der Waals surface area (Å²) in [7, 11) is 0. The molecule has 8 heteroatoms. The van der Waals surface area contributed by atoms with Crippen molar-refractivity contribution in [3.05, 3.63) is 84.6 Å². The first-order valence-electron chi connectivity index (χ1n) is 12.9. The smallest absolute Gasteiger partial charge is 0.338 e. The van der Waals surface area contributed by atoms with E-state index in [-0.39, 0.29) is 12.0 Å². The summed E-state index contributed by atoms with van der Waals surface area (Å²) >= 11 is 0. The van der Waals surface area contributed by atoms with Gasteiger partial charge in [0.1, 0.15) is 6.61 Å². The number of aryl methyl sites for hydroxylation is 1. The van der Waals surface area contributed by atoms with Crippen molar-refractivity contribution in [2.45, 2.75) is 32.2 Å². The Hall–Kier alpha value is -4.43. The predicted octanol–water partition coefficient (Wildman–Crippen LogP) is 5.36. The monoisotopic (exact) mass is 504 g/mol. The third-order valence-corrected chi connectivity index (χ3v) is 6.86. The Labute approximate surface area is 220 Å². The number of carbonyl (C=O) groups is 1. The molecule has 38 heavy (non-hydrogen) atoms. The summed E-state index contributed by atoms with van der Waals surface area (Å²) in [5, 5.41) is 4.35. The molecule has 2 N–H and O–H groups in total. The molecule has 1 fully saturated rings. The number of pyridine rings is 3. The average Bonchev–Trinajstić information content (AvgIpc) is 3.46. The molecule has 5 aromatic rings. The van der Waals surface area contributed by atoms with Crippen LogP contribution in [0, 0.1) is 6.92 Å². The highest BCUT2D eigenvalue weighted by Gasteiger charge is 2.17. The van der Waals surface area contributed by atoms with Gasteiger partial charge < -0.3 is 15.0 Å². The van der Waals surface area contributed by atoms with E-state index in [1.165, 1.54) is 6.42 Å². The largest absolute Gasteiger partial charge is 0.460 e. The van der Waals surface area contributed by atoms with E-state index in [9.17, 15) is 4.79 Å². The number of ether oxygens (including phenoxy) is 1. The molecule has 4 aromatic heterocycles. The first-order valence-corrected chi connectivity index (χ1v) is 12.9. The van der Waals surface area contributed by atoms with Crippen molar-refractivity contribution in [1.29, 1.82) is 0 Å². The molecule has 1 aromatic carbocycles. The third-order valence-electron chi connectivity index (χ3n) is 6.86. The molecule has 0 radical (unpaired) electrons. The molecule has 1 aliphatic rings. The topological polar surface area (TPSA) is 106 Å². The van der Waals surface area contributed by atoms with Gasteiger partial charge in [-0.2, -0.15) is 0 Å². The van der Waals surface area contributed by atoms with E-state index >= 15 is 0 Å². The highest BCUT2D eigenvalue weighted by molar-refractivity contribution is 5.92. The standard InChI is InChI=1S/C30H28N6O2/c1-19-5-4-7-26(36-19)29-28(34-18-35-29)20-8-9-25-22(13-20)14-23(16-33-25)27-15-21(10-12-32-27)30(37)38-17-24-6-2-3-11-31-24/h4-5,7-10,12-16,18,24,31H,2-3,6,11,17H2,1H3,(H,34,35). The van der Waals surface area contributed by atoms with Crippen LogP contribution in [0.4, 0.5) is 0 Å². The van der Waals surface area contributed by atoms with E-state index in [1.54, 1.807) is 30.9 Å². The van der Waals surface area contributed by atoms with Crippen LogP contribution >= 0.6 is 0 Å². The maximum Gasteiger partial charge on any atom is 0.338 e. The average molecular weight is 505 g/mol. The third kappa shape index (κ3) is 5.03.